The highest BCUT2D eigenvalue weighted by atomic mass is 35.5. The van der Waals surface area contributed by atoms with Gasteiger partial charge in [0, 0.05) is 5.02 Å². The quantitative estimate of drug-likeness (QED) is 0.904. The molecule has 1 amide bonds. The zero-order chi connectivity index (χ0) is 15.2. The molecule has 5 heteroatoms. The van der Waals surface area contributed by atoms with Crippen LogP contribution in [0.2, 0.25) is 5.02 Å². The van der Waals surface area contributed by atoms with E-state index in [-0.39, 0.29) is 18.0 Å². The molecule has 0 saturated carbocycles. The van der Waals surface area contributed by atoms with E-state index in [1.165, 1.54) is 18.2 Å². The first-order valence-corrected chi connectivity index (χ1v) is 6.93. The largest absolute Gasteiger partial charge is 0.494 e. The van der Waals surface area contributed by atoms with Gasteiger partial charge in [-0.3, -0.25) is 4.79 Å². The van der Waals surface area contributed by atoms with Gasteiger partial charge in [0.05, 0.1) is 18.7 Å². The first-order valence-electron chi connectivity index (χ1n) is 6.55. The molecule has 0 saturated heterocycles. The van der Waals surface area contributed by atoms with Crippen LogP contribution in [0.1, 0.15) is 12.5 Å². The van der Waals surface area contributed by atoms with Crippen LogP contribution in [0.15, 0.2) is 42.5 Å². The Morgan fingerprint density at radius 3 is 2.62 bits per heavy atom. The Kier molecular flexibility index (Phi) is 5.17. The molecule has 0 aliphatic heterocycles. The standard InChI is InChI=1S/C16H15ClFNO2/c1-2-21-13-6-3-11(4-7-13)9-16(20)19-15-10-12(17)5-8-14(15)18/h3-8,10H,2,9H2,1H3,(H,19,20). The van der Waals surface area contributed by atoms with E-state index in [2.05, 4.69) is 5.32 Å². The van der Waals surface area contributed by atoms with Gasteiger partial charge in [0.25, 0.3) is 0 Å². The van der Waals surface area contributed by atoms with Crippen LogP contribution in [0.25, 0.3) is 0 Å². The molecule has 0 aliphatic carbocycles. The van der Waals surface area contributed by atoms with E-state index in [0.29, 0.717) is 11.6 Å². The zero-order valence-corrected chi connectivity index (χ0v) is 12.3. The second-order valence-corrected chi connectivity index (χ2v) is 4.86. The molecule has 2 aromatic rings. The molecule has 0 atom stereocenters. The lowest BCUT2D eigenvalue weighted by Gasteiger charge is -2.08. The molecule has 0 aromatic heterocycles. The highest BCUT2D eigenvalue weighted by Crippen LogP contribution is 2.20. The Bertz CT molecular complexity index is 629. The summed E-state index contributed by atoms with van der Waals surface area (Å²) >= 11 is 5.78. The third-order valence-corrected chi connectivity index (χ3v) is 3.04. The first-order chi connectivity index (χ1) is 10.1. The predicted octanol–water partition coefficient (Wildman–Crippen LogP) is 4.06. The average Bonchev–Trinajstić information content (AvgIpc) is 2.45. The summed E-state index contributed by atoms with van der Waals surface area (Å²) in [6.45, 7) is 2.49. The minimum absolute atomic E-state index is 0.0819. The minimum Gasteiger partial charge on any atom is -0.494 e. The highest BCUT2D eigenvalue weighted by molar-refractivity contribution is 6.30. The third kappa shape index (κ3) is 4.46. The maximum Gasteiger partial charge on any atom is 0.228 e. The van der Waals surface area contributed by atoms with E-state index in [1.54, 1.807) is 24.3 Å². The summed E-state index contributed by atoms with van der Waals surface area (Å²) in [6, 6.07) is 11.2. The van der Waals surface area contributed by atoms with Crippen molar-refractivity contribution in [3.8, 4) is 5.75 Å². The molecule has 0 bridgehead atoms. The second-order valence-electron chi connectivity index (χ2n) is 4.43. The van der Waals surface area contributed by atoms with Gasteiger partial charge < -0.3 is 10.1 Å². The van der Waals surface area contributed by atoms with E-state index in [1.807, 2.05) is 6.92 Å². The predicted molar refractivity (Wildman–Crippen MR) is 81.4 cm³/mol. The monoisotopic (exact) mass is 307 g/mol. The fraction of sp³-hybridized carbons (Fsp3) is 0.188. The third-order valence-electron chi connectivity index (χ3n) is 2.80. The Hall–Kier alpha value is -2.07. The van der Waals surface area contributed by atoms with Crippen molar-refractivity contribution in [2.45, 2.75) is 13.3 Å². The van der Waals surface area contributed by atoms with Gasteiger partial charge >= 0.3 is 0 Å². The number of nitrogens with one attached hydrogen (secondary N) is 1. The van der Waals surface area contributed by atoms with Crippen molar-refractivity contribution >= 4 is 23.2 Å². The second kappa shape index (κ2) is 7.09. The number of ether oxygens (including phenoxy) is 1. The molecule has 110 valence electrons. The van der Waals surface area contributed by atoms with Crippen molar-refractivity contribution in [2.75, 3.05) is 11.9 Å². The van der Waals surface area contributed by atoms with Gasteiger partial charge in [-0.1, -0.05) is 23.7 Å². The zero-order valence-electron chi connectivity index (χ0n) is 11.5. The Morgan fingerprint density at radius 2 is 1.95 bits per heavy atom. The topological polar surface area (TPSA) is 38.3 Å². The fourth-order valence-corrected chi connectivity index (χ4v) is 2.02. The molecule has 3 nitrogen and oxygen atoms in total. The van der Waals surface area contributed by atoms with Crippen molar-refractivity contribution in [2.24, 2.45) is 0 Å². The van der Waals surface area contributed by atoms with E-state index in [4.69, 9.17) is 16.3 Å². The number of rotatable bonds is 5. The molecule has 2 aromatic carbocycles. The summed E-state index contributed by atoms with van der Waals surface area (Å²) in [4.78, 5) is 11.9. The van der Waals surface area contributed by atoms with Crippen LogP contribution >= 0.6 is 11.6 Å². The molecule has 0 radical (unpaired) electrons. The van der Waals surface area contributed by atoms with Crippen LogP contribution in [0.5, 0.6) is 5.75 Å². The highest BCUT2D eigenvalue weighted by Gasteiger charge is 2.08. The minimum atomic E-state index is -0.514. The maximum absolute atomic E-state index is 13.5. The number of hydrogen-bond acceptors (Lipinski definition) is 2. The summed E-state index contributed by atoms with van der Waals surface area (Å²) in [7, 11) is 0. The molecule has 2 rings (SSSR count). The smallest absolute Gasteiger partial charge is 0.228 e. The molecular formula is C16H15ClFNO2. The molecule has 0 aliphatic rings. The number of carbonyl (C=O) groups is 1. The van der Waals surface area contributed by atoms with Gasteiger partial charge in [-0.25, -0.2) is 4.39 Å². The van der Waals surface area contributed by atoms with Crippen LogP contribution in [0.3, 0.4) is 0 Å². The van der Waals surface area contributed by atoms with Gasteiger partial charge in [0.2, 0.25) is 5.91 Å². The van der Waals surface area contributed by atoms with Crippen LogP contribution in [-0.4, -0.2) is 12.5 Å². The normalized spacial score (nSPS) is 10.2. The molecular weight excluding hydrogens is 293 g/mol. The lowest BCUT2D eigenvalue weighted by atomic mass is 10.1. The van der Waals surface area contributed by atoms with E-state index >= 15 is 0 Å². The summed E-state index contributed by atoms with van der Waals surface area (Å²) < 4.78 is 18.8. The van der Waals surface area contributed by atoms with E-state index in [0.717, 1.165) is 11.3 Å². The van der Waals surface area contributed by atoms with Crippen molar-refractivity contribution in [3.05, 3.63) is 58.9 Å². The molecule has 0 fully saturated rings. The Labute approximate surface area is 127 Å². The van der Waals surface area contributed by atoms with E-state index < -0.39 is 5.82 Å². The number of halogens is 2. The Balaban J connectivity index is 1.99. The van der Waals surface area contributed by atoms with Gasteiger partial charge in [-0.2, -0.15) is 0 Å². The van der Waals surface area contributed by atoms with Crippen molar-refractivity contribution in [3.63, 3.8) is 0 Å². The van der Waals surface area contributed by atoms with Gasteiger partial charge in [0.15, 0.2) is 0 Å². The van der Waals surface area contributed by atoms with Crippen LogP contribution in [0.4, 0.5) is 10.1 Å². The average molecular weight is 308 g/mol. The summed E-state index contributed by atoms with van der Waals surface area (Å²) in [5.41, 5.74) is 0.900. The summed E-state index contributed by atoms with van der Waals surface area (Å²) in [6.07, 6.45) is 0.151. The first kappa shape index (κ1) is 15.3. The van der Waals surface area contributed by atoms with Gasteiger partial charge in [0.1, 0.15) is 11.6 Å². The fourth-order valence-electron chi connectivity index (χ4n) is 1.84. The number of hydrogen-bond donors (Lipinski definition) is 1. The Morgan fingerprint density at radius 1 is 1.24 bits per heavy atom. The van der Waals surface area contributed by atoms with Gasteiger partial charge in [-0.15, -0.1) is 0 Å². The van der Waals surface area contributed by atoms with Crippen molar-refractivity contribution < 1.29 is 13.9 Å². The molecule has 0 unspecified atom stereocenters. The van der Waals surface area contributed by atoms with Crippen molar-refractivity contribution in [1.82, 2.24) is 0 Å². The number of anilines is 1. The number of benzene rings is 2. The maximum atomic E-state index is 13.5. The molecule has 21 heavy (non-hydrogen) atoms. The number of carbonyl (C=O) groups excluding carboxylic acids is 1. The van der Waals surface area contributed by atoms with Crippen molar-refractivity contribution in [1.29, 1.82) is 0 Å². The number of amides is 1. The van der Waals surface area contributed by atoms with Crippen LogP contribution < -0.4 is 10.1 Å². The van der Waals surface area contributed by atoms with Crippen LogP contribution in [-0.2, 0) is 11.2 Å². The van der Waals surface area contributed by atoms with Crippen LogP contribution in [0, 0.1) is 5.82 Å². The molecule has 1 N–H and O–H groups in total. The summed E-state index contributed by atoms with van der Waals surface area (Å²) in [5, 5.41) is 2.88. The lowest BCUT2D eigenvalue weighted by molar-refractivity contribution is -0.115. The van der Waals surface area contributed by atoms with Gasteiger partial charge in [-0.05, 0) is 42.8 Å². The molecule has 0 spiro atoms. The lowest BCUT2D eigenvalue weighted by Crippen LogP contribution is -2.15. The summed E-state index contributed by atoms with van der Waals surface area (Å²) in [5.74, 6) is -0.0673. The SMILES string of the molecule is CCOc1ccc(CC(=O)Nc2cc(Cl)ccc2F)cc1. The van der Waals surface area contributed by atoms with E-state index in [9.17, 15) is 9.18 Å². The molecule has 0 heterocycles.